The first kappa shape index (κ1) is 17.5. The van der Waals surface area contributed by atoms with E-state index in [1.807, 2.05) is 6.08 Å². The van der Waals surface area contributed by atoms with Crippen LogP contribution in [0.5, 0.6) is 0 Å². The second-order valence-corrected chi connectivity index (χ2v) is 7.68. The summed E-state index contributed by atoms with van der Waals surface area (Å²) in [7, 11) is 0. The normalized spacial score (nSPS) is 18.5. The third-order valence-electron chi connectivity index (χ3n) is 4.64. The Hall–Kier alpha value is -1.34. The van der Waals surface area contributed by atoms with Gasteiger partial charge in [-0.1, -0.05) is 17.8 Å². The molecule has 1 saturated carbocycles. The number of hydrogen-bond donors (Lipinski definition) is 2. The molecule has 2 N–H and O–H groups in total. The lowest BCUT2D eigenvalue weighted by atomic mass is 10.1. The van der Waals surface area contributed by atoms with E-state index >= 15 is 0 Å². The van der Waals surface area contributed by atoms with E-state index in [2.05, 4.69) is 26.7 Å². The Morgan fingerprint density at radius 3 is 2.83 bits per heavy atom. The summed E-state index contributed by atoms with van der Waals surface area (Å²) < 4.78 is 2.10. The van der Waals surface area contributed by atoms with Crippen LogP contribution in [0.2, 0.25) is 0 Å². The highest BCUT2D eigenvalue weighted by atomic mass is 32.2. The Balaban J connectivity index is 1.54. The van der Waals surface area contributed by atoms with Crippen LogP contribution in [-0.4, -0.2) is 52.1 Å². The Morgan fingerprint density at radius 2 is 2.12 bits per heavy atom. The number of carbonyl (C=O) groups excluding carboxylic acids is 1. The second kappa shape index (κ2) is 8.67. The molecular formula is C17H28N5OS+. The van der Waals surface area contributed by atoms with Crippen LogP contribution in [0.25, 0.3) is 0 Å². The molecule has 24 heavy (non-hydrogen) atoms. The number of quaternary nitrogens is 1. The third-order valence-corrected chi connectivity index (χ3v) is 5.61. The van der Waals surface area contributed by atoms with Gasteiger partial charge in [-0.3, -0.25) is 4.79 Å². The van der Waals surface area contributed by atoms with Gasteiger partial charge in [0.1, 0.15) is 5.82 Å². The van der Waals surface area contributed by atoms with Crippen molar-refractivity contribution in [2.45, 2.75) is 56.3 Å². The van der Waals surface area contributed by atoms with Crippen molar-refractivity contribution in [3.63, 3.8) is 0 Å². The Bertz CT molecular complexity index is 563. The number of nitrogens with zero attached hydrogens (tertiary/aromatic N) is 3. The quantitative estimate of drug-likeness (QED) is 0.501. The van der Waals surface area contributed by atoms with E-state index in [9.17, 15) is 4.79 Å². The predicted octanol–water partition coefficient (Wildman–Crippen LogP) is 0.446. The zero-order chi connectivity index (χ0) is 16.8. The summed E-state index contributed by atoms with van der Waals surface area (Å²) in [6.07, 6.45) is 9.09. The van der Waals surface area contributed by atoms with Crippen molar-refractivity contribution in [2.75, 3.05) is 25.4 Å². The van der Waals surface area contributed by atoms with E-state index in [0.717, 1.165) is 36.8 Å². The minimum atomic E-state index is 0.0926. The van der Waals surface area contributed by atoms with Gasteiger partial charge in [-0.15, -0.1) is 16.8 Å². The highest BCUT2D eigenvalue weighted by molar-refractivity contribution is 7.99. The number of aromatic nitrogens is 3. The minimum Gasteiger partial charge on any atom is -0.353 e. The standard InChI is InChI=1S/C17H27N5OS/c1-2-9-22-15(8-12-21-10-4-3-5-11-21)19-20-17(22)24-13-16(23)18-14-6-7-14/h2,14H,1,3-13H2,(H,18,23)/p+1. The molecule has 6 nitrogen and oxygen atoms in total. The van der Waals surface area contributed by atoms with Crippen LogP contribution in [-0.2, 0) is 17.8 Å². The van der Waals surface area contributed by atoms with E-state index in [1.54, 1.807) is 4.90 Å². The Morgan fingerprint density at radius 1 is 1.33 bits per heavy atom. The molecule has 1 aromatic rings. The molecule has 2 fully saturated rings. The van der Waals surface area contributed by atoms with Crippen molar-refractivity contribution in [3.8, 4) is 0 Å². The lowest BCUT2D eigenvalue weighted by molar-refractivity contribution is -0.904. The number of amides is 1. The molecule has 7 heteroatoms. The molecule has 0 spiro atoms. The van der Waals surface area contributed by atoms with Crippen LogP contribution < -0.4 is 10.2 Å². The number of piperidine rings is 1. The summed E-state index contributed by atoms with van der Waals surface area (Å²) in [6, 6.07) is 0.409. The maximum absolute atomic E-state index is 11.9. The average molecular weight is 351 g/mol. The monoisotopic (exact) mass is 350 g/mol. The van der Waals surface area contributed by atoms with Crippen molar-refractivity contribution in [1.82, 2.24) is 20.1 Å². The first-order chi connectivity index (χ1) is 11.8. The number of hydrogen-bond acceptors (Lipinski definition) is 4. The fraction of sp³-hybridized carbons (Fsp3) is 0.706. The van der Waals surface area contributed by atoms with Gasteiger partial charge in [0.25, 0.3) is 0 Å². The molecule has 3 rings (SSSR count). The molecule has 1 aromatic heterocycles. The van der Waals surface area contributed by atoms with Crippen LogP contribution in [0.15, 0.2) is 17.8 Å². The Labute approximate surface area is 148 Å². The molecule has 0 atom stereocenters. The highest BCUT2D eigenvalue weighted by Gasteiger charge is 2.23. The summed E-state index contributed by atoms with van der Waals surface area (Å²) >= 11 is 1.47. The van der Waals surface area contributed by atoms with E-state index in [4.69, 9.17) is 0 Å². The molecule has 1 aliphatic heterocycles. The Kier molecular flexibility index (Phi) is 6.31. The molecule has 0 aromatic carbocycles. The van der Waals surface area contributed by atoms with E-state index < -0.39 is 0 Å². The molecule has 132 valence electrons. The van der Waals surface area contributed by atoms with Gasteiger partial charge in [-0.05, 0) is 32.1 Å². The van der Waals surface area contributed by atoms with Crippen LogP contribution in [0.3, 0.4) is 0 Å². The minimum absolute atomic E-state index is 0.0926. The van der Waals surface area contributed by atoms with Gasteiger partial charge in [-0.25, -0.2) is 0 Å². The molecule has 2 aliphatic rings. The molecule has 0 bridgehead atoms. The summed E-state index contributed by atoms with van der Waals surface area (Å²) in [5, 5.41) is 12.5. The molecule has 0 unspecified atom stereocenters. The smallest absolute Gasteiger partial charge is 0.230 e. The number of allylic oxidation sites excluding steroid dienone is 1. The fourth-order valence-electron chi connectivity index (χ4n) is 3.14. The van der Waals surface area contributed by atoms with Gasteiger partial charge in [-0.2, -0.15) is 0 Å². The van der Waals surface area contributed by atoms with Gasteiger partial charge in [0.05, 0.1) is 31.8 Å². The predicted molar refractivity (Wildman–Crippen MR) is 95.2 cm³/mol. The van der Waals surface area contributed by atoms with Crippen LogP contribution in [0.4, 0.5) is 0 Å². The van der Waals surface area contributed by atoms with Crippen molar-refractivity contribution in [3.05, 3.63) is 18.5 Å². The van der Waals surface area contributed by atoms with Crippen molar-refractivity contribution in [2.24, 2.45) is 0 Å². The van der Waals surface area contributed by atoms with E-state index in [-0.39, 0.29) is 5.91 Å². The van der Waals surface area contributed by atoms with E-state index in [0.29, 0.717) is 18.3 Å². The summed E-state index contributed by atoms with van der Waals surface area (Å²) in [5.41, 5.74) is 0. The molecule has 2 heterocycles. The molecule has 1 saturated heterocycles. The number of thioether (sulfide) groups is 1. The number of nitrogens with one attached hydrogen (secondary N) is 2. The van der Waals surface area contributed by atoms with Crippen LogP contribution in [0, 0.1) is 0 Å². The lowest BCUT2D eigenvalue weighted by Gasteiger charge is -2.23. The average Bonchev–Trinajstić information content (AvgIpc) is 3.33. The van der Waals surface area contributed by atoms with Crippen molar-refractivity contribution >= 4 is 17.7 Å². The molecule has 0 radical (unpaired) electrons. The summed E-state index contributed by atoms with van der Waals surface area (Å²) in [6.45, 7) is 8.21. The zero-order valence-corrected chi connectivity index (χ0v) is 15.1. The molecule has 1 aliphatic carbocycles. The fourth-order valence-corrected chi connectivity index (χ4v) is 3.92. The first-order valence-electron chi connectivity index (χ1n) is 9.05. The van der Waals surface area contributed by atoms with Crippen LogP contribution >= 0.6 is 11.8 Å². The second-order valence-electron chi connectivity index (χ2n) is 6.74. The molecular weight excluding hydrogens is 322 g/mol. The van der Waals surface area contributed by atoms with E-state index in [1.165, 1.54) is 44.1 Å². The van der Waals surface area contributed by atoms with Gasteiger partial charge < -0.3 is 14.8 Å². The summed E-state index contributed by atoms with van der Waals surface area (Å²) in [5.74, 6) is 1.51. The largest absolute Gasteiger partial charge is 0.353 e. The van der Waals surface area contributed by atoms with Gasteiger partial charge in [0.2, 0.25) is 5.91 Å². The molecule has 1 amide bonds. The van der Waals surface area contributed by atoms with Crippen molar-refractivity contribution < 1.29 is 9.69 Å². The third kappa shape index (κ3) is 5.08. The first-order valence-corrected chi connectivity index (χ1v) is 10.0. The number of likely N-dealkylation sites (tertiary alicyclic amines) is 1. The van der Waals surface area contributed by atoms with Crippen LogP contribution in [0.1, 0.15) is 37.9 Å². The SMILES string of the molecule is C=CCn1c(CC[NH+]2CCCCC2)nnc1SCC(=O)NC1CC1. The van der Waals surface area contributed by atoms with Gasteiger partial charge in [0, 0.05) is 12.6 Å². The zero-order valence-electron chi connectivity index (χ0n) is 14.3. The lowest BCUT2D eigenvalue weighted by Crippen LogP contribution is -3.13. The summed E-state index contributed by atoms with van der Waals surface area (Å²) in [4.78, 5) is 13.5. The van der Waals surface area contributed by atoms with Gasteiger partial charge >= 0.3 is 0 Å². The topological polar surface area (TPSA) is 64.2 Å². The highest BCUT2D eigenvalue weighted by Crippen LogP contribution is 2.20. The maximum atomic E-state index is 11.9. The van der Waals surface area contributed by atoms with Gasteiger partial charge in [0.15, 0.2) is 5.16 Å². The van der Waals surface area contributed by atoms with Crippen molar-refractivity contribution in [1.29, 1.82) is 0 Å². The maximum Gasteiger partial charge on any atom is 0.230 e. The number of rotatable bonds is 9. The number of carbonyl (C=O) groups is 1.